The van der Waals surface area contributed by atoms with Gasteiger partial charge in [-0.25, -0.2) is 4.68 Å². The van der Waals surface area contributed by atoms with Crippen molar-refractivity contribution < 1.29 is 9.59 Å². The van der Waals surface area contributed by atoms with E-state index in [1.165, 1.54) is 43.9 Å². The molecule has 0 unspecified atom stereocenters. The first-order chi connectivity index (χ1) is 11.6. The van der Waals surface area contributed by atoms with Gasteiger partial charge in [-0.2, -0.15) is 10.4 Å². The number of carbonyl (C=O) groups excluding carboxylic acids is 2. The highest BCUT2D eigenvalue weighted by atomic mass is 35.5. The van der Waals surface area contributed by atoms with Gasteiger partial charge in [0.15, 0.2) is 0 Å². The average molecular weight is 400 g/mol. The molecule has 0 saturated carbocycles. The largest absolute Gasteiger partial charge is 0.324 e. The molecule has 9 heteroatoms. The molecule has 130 valence electrons. The zero-order chi connectivity index (χ0) is 18.9. The van der Waals surface area contributed by atoms with Crippen molar-refractivity contribution in [3.8, 4) is 11.8 Å². The lowest BCUT2D eigenvalue weighted by molar-refractivity contribution is -0.135. The highest BCUT2D eigenvalue weighted by Crippen LogP contribution is 2.40. The van der Waals surface area contributed by atoms with Crippen molar-refractivity contribution >= 4 is 52.2 Å². The van der Waals surface area contributed by atoms with E-state index in [0.29, 0.717) is 11.3 Å². The molecule has 1 heterocycles. The lowest BCUT2D eigenvalue weighted by atomic mass is 9.88. The molecule has 2 aromatic rings. The first-order valence-electron chi connectivity index (χ1n) is 7.04. The highest BCUT2D eigenvalue weighted by molar-refractivity contribution is 6.50. The van der Waals surface area contributed by atoms with Gasteiger partial charge in [0.05, 0.1) is 38.2 Å². The number of hydrogen-bond donors (Lipinski definition) is 1. The van der Waals surface area contributed by atoms with E-state index in [1.54, 1.807) is 0 Å². The van der Waals surface area contributed by atoms with Gasteiger partial charge in [0.25, 0.3) is 0 Å². The molecule has 0 bridgehead atoms. The molecule has 0 aliphatic carbocycles. The van der Waals surface area contributed by atoms with Crippen LogP contribution < -0.4 is 5.32 Å². The molecular formula is C16H13Cl3N4O2. The van der Waals surface area contributed by atoms with Crippen molar-refractivity contribution in [1.82, 2.24) is 9.78 Å². The van der Waals surface area contributed by atoms with Crippen LogP contribution in [0.1, 0.15) is 26.3 Å². The summed E-state index contributed by atoms with van der Waals surface area (Å²) in [6.45, 7) is 4.34. The molecule has 1 amide bonds. The van der Waals surface area contributed by atoms with Crippen LogP contribution >= 0.6 is 34.8 Å². The number of rotatable bonds is 4. The Balaban J connectivity index is 2.51. The number of hydrogen-bond acceptors (Lipinski definition) is 4. The number of nitrogens with zero attached hydrogens (tertiary/aromatic N) is 3. The minimum atomic E-state index is -1.24. The zero-order valence-corrected chi connectivity index (χ0v) is 15.8. The summed E-state index contributed by atoms with van der Waals surface area (Å²) in [6, 6.07) is 3.42. The van der Waals surface area contributed by atoms with Gasteiger partial charge in [0.2, 0.25) is 5.91 Å². The number of benzene rings is 1. The lowest BCUT2D eigenvalue weighted by Crippen LogP contribution is -2.36. The molecule has 0 radical (unpaired) electrons. The molecule has 1 aromatic carbocycles. The maximum absolute atomic E-state index is 12.4. The van der Waals surface area contributed by atoms with E-state index in [0.717, 1.165) is 0 Å². The van der Waals surface area contributed by atoms with Crippen LogP contribution in [-0.2, 0) is 9.59 Å². The quantitative estimate of drug-likeness (QED) is 0.614. The summed E-state index contributed by atoms with van der Waals surface area (Å²) in [7, 11) is 0. The highest BCUT2D eigenvalue weighted by Gasteiger charge is 2.33. The molecular weight excluding hydrogens is 387 g/mol. The zero-order valence-electron chi connectivity index (χ0n) is 13.5. The van der Waals surface area contributed by atoms with Gasteiger partial charge in [-0.05, 0) is 26.8 Å². The van der Waals surface area contributed by atoms with Crippen LogP contribution in [0.15, 0.2) is 18.5 Å². The number of aromatic nitrogens is 2. The Kier molecular flexibility index (Phi) is 5.43. The van der Waals surface area contributed by atoms with Crippen molar-refractivity contribution in [3.05, 3.63) is 39.1 Å². The Morgan fingerprint density at radius 2 is 1.88 bits per heavy atom. The predicted octanol–water partition coefficient (Wildman–Crippen LogP) is 4.26. The molecule has 0 aliphatic rings. The van der Waals surface area contributed by atoms with Crippen molar-refractivity contribution in [3.63, 3.8) is 0 Å². The summed E-state index contributed by atoms with van der Waals surface area (Å²) in [5, 5.41) is 15.7. The molecule has 25 heavy (non-hydrogen) atoms. The number of halogens is 3. The van der Waals surface area contributed by atoms with Crippen molar-refractivity contribution in [2.45, 2.75) is 20.8 Å². The van der Waals surface area contributed by atoms with Gasteiger partial charge in [-0.3, -0.25) is 9.59 Å². The Morgan fingerprint density at radius 3 is 2.40 bits per heavy atom. The van der Waals surface area contributed by atoms with Gasteiger partial charge in [0.1, 0.15) is 17.3 Å². The normalized spacial score (nSPS) is 11.1. The standard InChI is InChI=1S/C16H13Cl3N4O2/c1-8(24)16(2,3)15(25)22-10-4-11(13(18)14(19)12(10)17)23-7-9(5-20)6-21-23/h4,6-7H,1-3H3,(H,22,25). The smallest absolute Gasteiger partial charge is 0.237 e. The molecule has 2 rings (SSSR count). The predicted molar refractivity (Wildman–Crippen MR) is 96.4 cm³/mol. The fourth-order valence-corrected chi connectivity index (χ4v) is 2.48. The molecule has 1 N–H and O–H groups in total. The SMILES string of the molecule is CC(=O)C(C)(C)C(=O)Nc1cc(-n2cc(C#N)cn2)c(Cl)c(Cl)c1Cl. The number of ketones is 1. The van der Waals surface area contributed by atoms with E-state index in [-0.39, 0.29) is 26.5 Å². The van der Waals surface area contributed by atoms with Crippen LogP contribution in [-0.4, -0.2) is 21.5 Å². The van der Waals surface area contributed by atoms with Gasteiger partial charge < -0.3 is 5.32 Å². The van der Waals surface area contributed by atoms with E-state index in [1.807, 2.05) is 6.07 Å². The molecule has 0 atom stereocenters. The molecule has 0 saturated heterocycles. The number of carbonyl (C=O) groups is 2. The fourth-order valence-electron chi connectivity index (χ4n) is 1.80. The van der Waals surface area contributed by atoms with E-state index >= 15 is 0 Å². The third-order valence-electron chi connectivity index (χ3n) is 3.78. The van der Waals surface area contributed by atoms with Gasteiger partial charge in [-0.1, -0.05) is 34.8 Å². The summed E-state index contributed by atoms with van der Waals surface area (Å²) in [5.41, 5.74) is -0.409. The molecule has 0 fully saturated rings. The summed E-state index contributed by atoms with van der Waals surface area (Å²) >= 11 is 18.5. The van der Waals surface area contributed by atoms with Crippen LogP contribution in [0.2, 0.25) is 15.1 Å². The first kappa shape index (κ1) is 19.3. The maximum atomic E-state index is 12.4. The van der Waals surface area contributed by atoms with E-state index < -0.39 is 11.3 Å². The molecule has 0 spiro atoms. The maximum Gasteiger partial charge on any atom is 0.237 e. The van der Waals surface area contributed by atoms with E-state index in [2.05, 4.69) is 10.4 Å². The summed E-state index contributed by atoms with van der Waals surface area (Å²) < 4.78 is 1.34. The number of anilines is 1. The number of amides is 1. The third-order valence-corrected chi connectivity index (χ3v) is 5.13. The third kappa shape index (κ3) is 3.64. The lowest BCUT2D eigenvalue weighted by Gasteiger charge is -2.21. The van der Waals surface area contributed by atoms with Crippen LogP contribution in [0.3, 0.4) is 0 Å². The second-order valence-electron chi connectivity index (χ2n) is 5.81. The summed E-state index contributed by atoms with van der Waals surface area (Å²) in [6.07, 6.45) is 2.81. The van der Waals surface area contributed by atoms with Crippen LogP contribution in [0.25, 0.3) is 5.69 Å². The number of nitrogens with one attached hydrogen (secondary N) is 1. The van der Waals surface area contributed by atoms with Crippen molar-refractivity contribution in [2.24, 2.45) is 5.41 Å². The fraction of sp³-hybridized carbons (Fsp3) is 0.250. The number of nitriles is 1. The van der Waals surface area contributed by atoms with E-state index in [9.17, 15) is 9.59 Å². The first-order valence-corrected chi connectivity index (χ1v) is 8.18. The number of Topliss-reactive ketones (excluding diaryl/α,β-unsaturated/α-hetero) is 1. The minimum Gasteiger partial charge on any atom is -0.324 e. The molecule has 6 nitrogen and oxygen atoms in total. The second kappa shape index (κ2) is 7.04. The Morgan fingerprint density at radius 1 is 1.24 bits per heavy atom. The molecule has 0 aliphatic heterocycles. The summed E-state index contributed by atoms with van der Waals surface area (Å²) in [5.74, 6) is -0.837. The Hall–Kier alpha value is -2.07. The van der Waals surface area contributed by atoms with E-state index in [4.69, 9.17) is 40.1 Å². The monoisotopic (exact) mass is 398 g/mol. The van der Waals surface area contributed by atoms with Crippen LogP contribution in [0.5, 0.6) is 0 Å². The van der Waals surface area contributed by atoms with Gasteiger partial charge in [0, 0.05) is 6.20 Å². The molecule has 1 aromatic heterocycles. The Labute approximate surface area is 159 Å². The van der Waals surface area contributed by atoms with Gasteiger partial charge in [-0.15, -0.1) is 0 Å². The van der Waals surface area contributed by atoms with Crippen LogP contribution in [0, 0.1) is 16.7 Å². The second-order valence-corrected chi connectivity index (χ2v) is 6.94. The Bertz CT molecular complexity index is 913. The minimum absolute atomic E-state index is 0.0192. The van der Waals surface area contributed by atoms with Crippen LogP contribution in [0.4, 0.5) is 5.69 Å². The van der Waals surface area contributed by atoms with Crippen molar-refractivity contribution in [2.75, 3.05) is 5.32 Å². The average Bonchev–Trinajstić information content (AvgIpc) is 3.03. The van der Waals surface area contributed by atoms with Crippen molar-refractivity contribution in [1.29, 1.82) is 5.26 Å². The summed E-state index contributed by atoms with van der Waals surface area (Å²) in [4.78, 5) is 24.0. The topological polar surface area (TPSA) is 87.8 Å². The van der Waals surface area contributed by atoms with Gasteiger partial charge >= 0.3 is 0 Å².